The first kappa shape index (κ1) is 26.1. The van der Waals surface area contributed by atoms with Crippen molar-refractivity contribution in [3.63, 3.8) is 0 Å². The molecule has 0 amide bonds. The third-order valence-electron chi connectivity index (χ3n) is 4.89. The van der Waals surface area contributed by atoms with Gasteiger partial charge in [0.05, 0.1) is 24.6 Å². The molecule has 0 bridgehead atoms. The number of carbonyl (C=O) groups is 1. The summed E-state index contributed by atoms with van der Waals surface area (Å²) in [7, 11) is 3.14. The molecule has 4 atom stereocenters. The molecular weight excluding hydrogens is 460 g/mol. The Morgan fingerprint density at radius 3 is 2.76 bits per heavy atom. The Morgan fingerprint density at radius 1 is 1.26 bits per heavy atom. The molecule has 1 aliphatic rings. The number of esters is 1. The van der Waals surface area contributed by atoms with E-state index >= 15 is 0 Å². The zero-order valence-corrected chi connectivity index (χ0v) is 19.9. The van der Waals surface area contributed by atoms with E-state index in [0.29, 0.717) is 5.82 Å². The van der Waals surface area contributed by atoms with Crippen LogP contribution in [0.5, 0.6) is 0 Å². The van der Waals surface area contributed by atoms with E-state index in [1.165, 1.54) is 6.92 Å². The second-order valence-electron chi connectivity index (χ2n) is 7.62. The standard InChI is InChI=1S/C22H27BN3O7P/c1-16(27)32-19-14-21(23)33-20(19)15-31-34(28,29)30-13-12-26(2)22-8-5-7-18(25-22)10-9-17-6-3-4-11-24-17/h3-11,19-21H,12-15H2,1-2H3,(H,28,29)/b10-9+/t19-,20-,21-/m1/s1. The van der Waals surface area contributed by atoms with Crippen LogP contribution in [-0.4, -0.2) is 73.7 Å². The highest BCUT2D eigenvalue weighted by Crippen LogP contribution is 2.43. The summed E-state index contributed by atoms with van der Waals surface area (Å²) in [6.07, 6.45) is 4.31. The minimum absolute atomic E-state index is 0.0849. The zero-order valence-electron chi connectivity index (χ0n) is 19.0. The van der Waals surface area contributed by atoms with E-state index in [-0.39, 0.29) is 26.2 Å². The number of hydrogen-bond acceptors (Lipinski definition) is 9. The first-order valence-electron chi connectivity index (χ1n) is 10.7. The van der Waals surface area contributed by atoms with Crippen molar-refractivity contribution in [2.45, 2.75) is 31.6 Å². The maximum atomic E-state index is 12.2. The van der Waals surface area contributed by atoms with Crippen molar-refractivity contribution < 1.29 is 32.8 Å². The van der Waals surface area contributed by atoms with Crippen LogP contribution in [0.4, 0.5) is 5.82 Å². The zero-order chi connectivity index (χ0) is 24.6. The Hall–Kier alpha value is -2.56. The molecule has 0 aliphatic carbocycles. The fourth-order valence-electron chi connectivity index (χ4n) is 3.24. The Kier molecular flexibility index (Phi) is 9.38. The van der Waals surface area contributed by atoms with Gasteiger partial charge in [0.1, 0.15) is 25.9 Å². The van der Waals surface area contributed by atoms with Gasteiger partial charge in [0, 0.05) is 39.1 Å². The third kappa shape index (κ3) is 8.34. The Balaban J connectivity index is 1.46. The lowest BCUT2D eigenvalue weighted by molar-refractivity contribution is -0.149. The SMILES string of the molecule is [B][C@H]1C[C@@H](OC(C)=O)[C@@H](COP(=O)(O)OCCN(C)c2cccc(/C=C/c3ccccn3)n2)O1. The van der Waals surface area contributed by atoms with Gasteiger partial charge in [0.25, 0.3) is 0 Å². The largest absolute Gasteiger partial charge is 0.472 e. The van der Waals surface area contributed by atoms with Crippen LogP contribution < -0.4 is 4.90 Å². The highest BCUT2D eigenvalue weighted by atomic mass is 31.2. The molecule has 2 aromatic rings. The summed E-state index contributed by atoms with van der Waals surface area (Å²) >= 11 is 0. The van der Waals surface area contributed by atoms with Gasteiger partial charge in [-0.15, -0.1) is 0 Å². The molecule has 12 heteroatoms. The lowest BCUT2D eigenvalue weighted by Crippen LogP contribution is -2.30. The summed E-state index contributed by atoms with van der Waals surface area (Å²) in [5.41, 5.74) is 1.56. The minimum atomic E-state index is -4.35. The number of carbonyl (C=O) groups excluding carboxylic acids is 1. The Labute approximate surface area is 199 Å². The number of rotatable bonds is 11. The smallest absolute Gasteiger partial charge is 0.460 e. The van der Waals surface area contributed by atoms with E-state index in [1.807, 2.05) is 48.6 Å². The van der Waals surface area contributed by atoms with Gasteiger partial charge in [-0.1, -0.05) is 12.1 Å². The summed E-state index contributed by atoms with van der Waals surface area (Å²) in [4.78, 5) is 31.8. The minimum Gasteiger partial charge on any atom is -0.460 e. The molecular formula is C22H27BN3O7P. The van der Waals surface area contributed by atoms with Gasteiger partial charge in [-0.25, -0.2) is 9.55 Å². The van der Waals surface area contributed by atoms with Crippen molar-refractivity contribution in [3.8, 4) is 0 Å². The van der Waals surface area contributed by atoms with Crippen LogP contribution in [0.15, 0.2) is 42.6 Å². The molecule has 34 heavy (non-hydrogen) atoms. The molecule has 2 aromatic heterocycles. The molecule has 0 aromatic carbocycles. The van der Waals surface area contributed by atoms with Gasteiger partial charge in [0.15, 0.2) is 0 Å². The maximum absolute atomic E-state index is 12.2. The maximum Gasteiger partial charge on any atom is 0.472 e. The topological polar surface area (TPSA) is 120 Å². The van der Waals surface area contributed by atoms with Crippen LogP contribution in [0.3, 0.4) is 0 Å². The molecule has 1 N–H and O–H groups in total. The number of pyridine rings is 2. The Morgan fingerprint density at radius 2 is 2.03 bits per heavy atom. The van der Waals surface area contributed by atoms with Gasteiger partial charge in [0.2, 0.25) is 0 Å². The highest BCUT2D eigenvalue weighted by Gasteiger charge is 2.37. The summed E-state index contributed by atoms with van der Waals surface area (Å²) in [5, 5.41) is 0. The molecule has 10 nitrogen and oxygen atoms in total. The normalized spacial score (nSPS) is 21.9. The van der Waals surface area contributed by atoms with Gasteiger partial charge in [-0.05, 0) is 36.4 Å². The number of nitrogens with zero attached hydrogens (tertiary/aromatic N) is 3. The fourth-order valence-corrected chi connectivity index (χ4v) is 3.96. The van der Waals surface area contributed by atoms with Crippen LogP contribution in [0.25, 0.3) is 12.2 Å². The molecule has 3 heterocycles. The number of aromatic nitrogens is 2. The van der Waals surface area contributed by atoms with Crippen LogP contribution in [0, 0.1) is 0 Å². The summed E-state index contributed by atoms with van der Waals surface area (Å²) in [6.45, 7) is 1.16. The van der Waals surface area contributed by atoms with Gasteiger partial charge in [-0.2, -0.15) is 0 Å². The first-order chi connectivity index (χ1) is 16.2. The van der Waals surface area contributed by atoms with E-state index in [2.05, 4.69) is 9.97 Å². The van der Waals surface area contributed by atoms with Crippen molar-refractivity contribution in [3.05, 3.63) is 54.0 Å². The average Bonchev–Trinajstić information content (AvgIpc) is 3.15. The Bertz CT molecular complexity index is 1030. The molecule has 180 valence electrons. The van der Waals surface area contributed by atoms with E-state index in [1.54, 1.807) is 18.1 Å². The molecule has 1 aliphatic heterocycles. The average molecular weight is 487 g/mol. The lowest BCUT2D eigenvalue weighted by atomic mass is 9.96. The number of anilines is 1. The fraction of sp³-hybridized carbons (Fsp3) is 0.409. The quantitative estimate of drug-likeness (QED) is 0.288. The number of phosphoric ester groups is 1. The number of hydrogen-bond donors (Lipinski definition) is 1. The second-order valence-corrected chi connectivity index (χ2v) is 9.08. The van der Waals surface area contributed by atoms with Gasteiger partial charge in [-0.3, -0.25) is 18.8 Å². The molecule has 0 spiro atoms. The summed E-state index contributed by atoms with van der Waals surface area (Å²) < 4.78 is 32.8. The number of ether oxygens (including phenoxy) is 2. The van der Waals surface area contributed by atoms with E-state index in [9.17, 15) is 14.3 Å². The van der Waals surface area contributed by atoms with Crippen LogP contribution in [0.2, 0.25) is 0 Å². The predicted molar refractivity (Wildman–Crippen MR) is 127 cm³/mol. The summed E-state index contributed by atoms with van der Waals surface area (Å²) in [6, 6.07) is 10.6. The van der Waals surface area contributed by atoms with Crippen LogP contribution in [-0.2, 0) is 27.9 Å². The molecule has 3 rings (SSSR count). The molecule has 1 fully saturated rings. The van der Waals surface area contributed by atoms with Gasteiger partial charge >= 0.3 is 13.8 Å². The van der Waals surface area contributed by atoms with E-state index < -0.39 is 32.0 Å². The summed E-state index contributed by atoms with van der Waals surface area (Å²) in [5.74, 6) is 0.169. The van der Waals surface area contributed by atoms with Crippen molar-refractivity contribution in [1.29, 1.82) is 0 Å². The second kappa shape index (κ2) is 12.2. The van der Waals surface area contributed by atoms with Crippen molar-refractivity contribution in [2.75, 3.05) is 31.7 Å². The van der Waals surface area contributed by atoms with Crippen LogP contribution in [0.1, 0.15) is 24.7 Å². The predicted octanol–water partition coefficient (Wildman–Crippen LogP) is 2.43. The van der Waals surface area contributed by atoms with E-state index in [4.69, 9.17) is 26.4 Å². The highest BCUT2D eigenvalue weighted by molar-refractivity contribution is 7.47. The number of likely N-dealkylation sites (N-methyl/N-ethyl adjacent to an activating group) is 1. The molecule has 1 saturated heterocycles. The molecule has 0 saturated carbocycles. The molecule has 2 radical (unpaired) electrons. The van der Waals surface area contributed by atoms with Crippen molar-refractivity contribution >= 4 is 39.6 Å². The van der Waals surface area contributed by atoms with Crippen LogP contribution >= 0.6 is 7.82 Å². The van der Waals surface area contributed by atoms with Crippen molar-refractivity contribution in [1.82, 2.24) is 9.97 Å². The first-order valence-corrected chi connectivity index (χ1v) is 12.2. The van der Waals surface area contributed by atoms with E-state index in [0.717, 1.165) is 11.4 Å². The lowest BCUT2D eigenvalue weighted by Gasteiger charge is -2.21. The third-order valence-corrected chi connectivity index (χ3v) is 5.87. The number of phosphoric acid groups is 1. The monoisotopic (exact) mass is 487 g/mol. The van der Waals surface area contributed by atoms with Gasteiger partial charge < -0.3 is 19.3 Å². The molecule has 1 unspecified atom stereocenters. The van der Waals surface area contributed by atoms with Crippen molar-refractivity contribution in [2.24, 2.45) is 0 Å².